The number of aromatic amines is 1. The molecule has 2 aromatic heterocycles. The lowest BCUT2D eigenvalue weighted by Gasteiger charge is -2.25. The molecule has 19 heavy (non-hydrogen) atoms. The molecular formula is C15H18N2O2. The van der Waals surface area contributed by atoms with E-state index in [1.54, 1.807) is 6.07 Å². The Morgan fingerprint density at radius 1 is 1.37 bits per heavy atom. The minimum atomic E-state index is -0.0129. The van der Waals surface area contributed by atoms with Gasteiger partial charge in [-0.15, -0.1) is 0 Å². The summed E-state index contributed by atoms with van der Waals surface area (Å²) in [5.74, 6) is 1.89. The van der Waals surface area contributed by atoms with E-state index in [2.05, 4.69) is 10.3 Å². The second kappa shape index (κ2) is 5.05. The largest absolute Gasteiger partial charge is 0.465 e. The highest BCUT2D eigenvalue weighted by Gasteiger charge is 2.20. The maximum absolute atomic E-state index is 11.3. The fourth-order valence-electron chi connectivity index (χ4n) is 2.72. The molecule has 0 fully saturated rings. The Morgan fingerprint density at radius 2 is 2.26 bits per heavy atom. The van der Waals surface area contributed by atoms with Crippen LogP contribution in [-0.4, -0.2) is 4.98 Å². The molecule has 0 aromatic carbocycles. The summed E-state index contributed by atoms with van der Waals surface area (Å²) in [6, 6.07) is 7.82. The predicted octanol–water partition coefficient (Wildman–Crippen LogP) is 2.44. The van der Waals surface area contributed by atoms with Gasteiger partial charge in [-0.3, -0.25) is 4.79 Å². The molecule has 1 aliphatic rings. The molecule has 3 rings (SSSR count). The van der Waals surface area contributed by atoms with Crippen LogP contribution in [0, 0.1) is 6.92 Å². The number of rotatable bonds is 3. The fourth-order valence-corrected chi connectivity index (χ4v) is 2.72. The van der Waals surface area contributed by atoms with Crippen molar-refractivity contribution in [3.63, 3.8) is 0 Å². The Balaban J connectivity index is 1.75. The van der Waals surface area contributed by atoms with Crippen LogP contribution in [0.1, 0.15) is 41.7 Å². The summed E-state index contributed by atoms with van der Waals surface area (Å²) in [4.78, 5) is 14.3. The third kappa shape index (κ3) is 2.63. The quantitative estimate of drug-likeness (QED) is 0.889. The van der Waals surface area contributed by atoms with E-state index >= 15 is 0 Å². The maximum Gasteiger partial charge on any atom is 0.248 e. The van der Waals surface area contributed by atoms with Gasteiger partial charge in [0.2, 0.25) is 5.56 Å². The topological polar surface area (TPSA) is 58.0 Å². The first kappa shape index (κ1) is 12.2. The van der Waals surface area contributed by atoms with Crippen LogP contribution in [0.25, 0.3) is 0 Å². The normalized spacial score (nSPS) is 18.3. The third-order valence-corrected chi connectivity index (χ3v) is 3.65. The number of hydrogen-bond acceptors (Lipinski definition) is 3. The number of furan rings is 1. The second-order valence-electron chi connectivity index (χ2n) is 5.09. The van der Waals surface area contributed by atoms with E-state index in [1.165, 1.54) is 5.56 Å². The van der Waals surface area contributed by atoms with Gasteiger partial charge in [-0.1, -0.05) is 6.07 Å². The van der Waals surface area contributed by atoms with Crippen LogP contribution in [0.4, 0.5) is 0 Å². The van der Waals surface area contributed by atoms with E-state index in [4.69, 9.17) is 4.42 Å². The summed E-state index contributed by atoms with van der Waals surface area (Å²) >= 11 is 0. The Hall–Kier alpha value is -1.81. The minimum Gasteiger partial charge on any atom is -0.465 e. The van der Waals surface area contributed by atoms with Crippen molar-refractivity contribution in [2.24, 2.45) is 0 Å². The summed E-state index contributed by atoms with van der Waals surface area (Å²) < 4.78 is 5.56. The summed E-state index contributed by atoms with van der Waals surface area (Å²) in [5, 5.41) is 3.51. The van der Waals surface area contributed by atoms with Crippen LogP contribution >= 0.6 is 0 Å². The molecule has 0 aliphatic heterocycles. The SMILES string of the molecule is Cc1ccc(CNC2CCCc3[nH]c(=O)ccc32)o1. The predicted molar refractivity (Wildman–Crippen MR) is 73.0 cm³/mol. The van der Waals surface area contributed by atoms with Crippen LogP contribution in [0.2, 0.25) is 0 Å². The minimum absolute atomic E-state index is 0.0129. The molecule has 2 N–H and O–H groups in total. The molecule has 4 heteroatoms. The average molecular weight is 258 g/mol. The number of aromatic nitrogens is 1. The molecule has 0 spiro atoms. The van der Waals surface area contributed by atoms with Crippen LogP contribution in [0.5, 0.6) is 0 Å². The number of fused-ring (bicyclic) bond motifs is 1. The van der Waals surface area contributed by atoms with Gasteiger partial charge in [0, 0.05) is 17.8 Å². The first-order valence-corrected chi connectivity index (χ1v) is 6.73. The molecule has 2 heterocycles. The van der Waals surface area contributed by atoms with Crippen molar-refractivity contribution in [1.82, 2.24) is 10.3 Å². The van der Waals surface area contributed by atoms with Crippen molar-refractivity contribution < 1.29 is 4.42 Å². The number of H-pyrrole nitrogens is 1. The van der Waals surface area contributed by atoms with Crippen molar-refractivity contribution in [2.75, 3.05) is 0 Å². The van der Waals surface area contributed by atoms with Crippen molar-refractivity contribution >= 4 is 0 Å². The van der Waals surface area contributed by atoms with Crippen molar-refractivity contribution in [3.8, 4) is 0 Å². The number of hydrogen-bond donors (Lipinski definition) is 2. The van der Waals surface area contributed by atoms with Gasteiger partial charge in [0.15, 0.2) is 0 Å². The molecule has 0 saturated carbocycles. The van der Waals surface area contributed by atoms with E-state index in [1.807, 2.05) is 25.1 Å². The van der Waals surface area contributed by atoms with Crippen LogP contribution < -0.4 is 10.9 Å². The van der Waals surface area contributed by atoms with E-state index in [0.717, 1.165) is 43.0 Å². The summed E-state index contributed by atoms with van der Waals surface area (Å²) in [5.41, 5.74) is 2.28. The van der Waals surface area contributed by atoms with Crippen LogP contribution in [-0.2, 0) is 13.0 Å². The van der Waals surface area contributed by atoms with Crippen LogP contribution in [0.3, 0.4) is 0 Å². The van der Waals surface area contributed by atoms with E-state index in [9.17, 15) is 4.79 Å². The van der Waals surface area contributed by atoms with Crippen molar-refractivity contribution in [3.05, 3.63) is 57.4 Å². The lowest BCUT2D eigenvalue weighted by molar-refractivity contribution is 0.407. The monoisotopic (exact) mass is 258 g/mol. The Bertz CT molecular complexity index is 627. The molecule has 4 nitrogen and oxygen atoms in total. The molecule has 0 amide bonds. The van der Waals surface area contributed by atoms with Gasteiger partial charge in [0.1, 0.15) is 11.5 Å². The van der Waals surface area contributed by atoms with E-state index in [-0.39, 0.29) is 5.56 Å². The lowest BCUT2D eigenvalue weighted by Crippen LogP contribution is -2.26. The zero-order valence-corrected chi connectivity index (χ0v) is 11.0. The average Bonchev–Trinajstić information content (AvgIpc) is 2.81. The molecule has 0 radical (unpaired) electrons. The smallest absolute Gasteiger partial charge is 0.248 e. The highest BCUT2D eigenvalue weighted by atomic mass is 16.3. The van der Waals surface area contributed by atoms with Crippen LogP contribution in [0.15, 0.2) is 33.5 Å². The first-order valence-electron chi connectivity index (χ1n) is 6.73. The third-order valence-electron chi connectivity index (χ3n) is 3.65. The van der Waals surface area contributed by atoms with Gasteiger partial charge in [-0.05, 0) is 43.9 Å². The molecule has 2 aromatic rings. The highest BCUT2D eigenvalue weighted by molar-refractivity contribution is 5.26. The zero-order valence-electron chi connectivity index (χ0n) is 11.0. The first-order chi connectivity index (χ1) is 9.22. The van der Waals surface area contributed by atoms with Crippen molar-refractivity contribution in [1.29, 1.82) is 0 Å². The number of aryl methyl sites for hydroxylation is 2. The van der Waals surface area contributed by atoms with Gasteiger partial charge in [-0.25, -0.2) is 0 Å². The summed E-state index contributed by atoms with van der Waals surface area (Å²) in [6.45, 7) is 2.67. The van der Waals surface area contributed by atoms with Gasteiger partial charge < -0.3 is 14.7 Å². The maximum atomic E-state index is 11.3. The van der Waals surface area contributed by atoms with Gasteiger partial charge in [0.25, 0.3) is 0 Å². The second-order valence-corrected chi connectivity index (χ2v) is 5.09. The molecule has 1 aliphatic carbocycles. The molecule has 1 atom stereocenters. The molecular weight excluding hydrogens is 240 g/mol. The zero-order chi connectivity index (χ0) is 13.2. The number of nitrogens with one attached hydrogen (secondary N) is 2. The molecule has 100 valence electrons. The standard InChI is InChI=1S/C15H18N2O2/c1-10-5-6-11(19-10)9-16-13-3-2-4-14-12(13)7-8-15(18)17-14/h5-8,13,16H,2-4,9H2,1H3,(H,17,18). The van der Waals surface area contributed by atoms with Gasteiger partial charge >= 0.3 is 0 Å². The Labute approximate surface area is 111 Å². The highest BCUT2D eigenvalue weighted by Crippen LogP contribution is 2.27. The van der Waals surface area contributed by atoms with E-state index < -0.39 is 0 Å². The van der Waals surface area contributed by atoms with Crippen molar-refractivity contribution in [2.45, 2.75) is 38.8 Å². The number of pyridine rings is 1. The fraction of sp³-hybridized carbons (Fsp3) is 0.400. The molecule has 0 saturated heterocycles. The lowest BCUT2D eigenvalue weighted by atomic mass is 9.91. The Kier molecular flexibility index (Phi) is 3.25. The molecule has 0 bridgehead atoms. The van der Waals surface area contributed by atoms with Gasteiger partial charge in [-0.2, -0.15) is 0 Å². The summed E-state index contributed by atoms with van der Waals surface area (Å²) in [7, 11) is 0. The Morgan fingerprint density at radius 3 is 3.05 bits per heavy atom. The summed E-state index contributed by atoms with van der Waals surface area (Å²) in [6.07, 6.45) is 3.16. The van der Waals surface area contributed by atoms with E-state index in [0.29, 0.717) is 6.04 Å². The van der Waals surface area contributed by atoms with Gasteiger partial charge in [0.05, 0.1) is 6.54 Å². The molecule has 1 unspecified atom stereocenters.